The van der Waals surface area contributed by atoms with Crippen molar-refractivity contribution in [3.05, 3.63) is 23.3 Å². The highest BCUT2D eigenvalue weighted by molar-refractivity contribution is 5.81. The standard InChI is InChI=1S/C10H11NO3/c12-8-2-1-6-3-4-11-9(13)5-7(6)10(8)14/h1-2,12,14H,3-5H2,(H,11,13). The van der Waals surface area contributed by atoms with Gasteiger partial charge >= 0.3 is 0 Å². The van der Waals surface area contributed by atoms with Crippen molar-refractivity contribution in [1.82, 2.24) is 5.32 Å². The fraction of sp³-hybridized carbons (Fsp3) is 0.300. The van der Waals surface area contributed by atoms with Gasteiger partial charge in [-0.05, 0) is 18.1 Å². The lowest BCUT2D eigenvalue weighted by Gasteiger charge is -2.07. The topological polar surface area (TPSA) is 69.6 Å². The van der Waals surface area contributed by atoms with Gasteiger partial charge in [0.25, 0.3) is 0 Å². The summed E-state index contributed by atoms with van der Waals surface area (Å²) in [7, 11) is 0. The molecular formula is C10H11NO3. The van der Waals surface area contributed by atoms with Gasteiger partial charge in [-0.15, -0.1) is 0 Å². The number of aromatic hydroxyl groups is 2. The minimum atomic E-state index is -0.168. The summed E-state index contributed by atoms with van der Waals surface area (Å²) in [6, 6.07) is 3.19. The van der Waals surface area contributed by atoms with E-state index in [4.69, 9.17) is 0 Å². The third kappa shape index (κ3) is 1.39. The quantitative estimate of drug-likeness (QED) is 0.519. The van der Waals surface area contributed by atoms with E-state index in [2.05, 4.69) is 5.32 Å². The van der Waals surface area contributed by atoms with Crippen LogP contribution in [0.2, 0.25) is 0 Å². The first kappa shape index (κ1) is 8.87. The summed E-state index contributed by atoms with van der Waals surface area (Å²) >= 11 is 0. The smallest absolute Gasteiger partial charge is 0.224 e. The van der Waals surface area contributed by atoms with E-state index in [0.29, 0.717) is 18.5 Å². The molecule has 0 atom stereocenters. The molecule has 3 N–H and O–H groups in total. The number of phenolic OH excluding ortho intramolecular Hbond substituents is 2. The average molecular weight is 193 g/mol. The Labute approximate surface area is 81.2 Å². The molecule has 0 aromatic heterocycles. The molecule has 4 nitrogen and oxygen atoms in total. The van der Waals surface area contributed by atoms with E-state index in [-0.39, 0.29) is 23.8 Å². The van der Waals surface area contributed by atoms with Gasteiger partial charge in [0.2, 0.25) is 5.91 Å². The summed E-state index contributed by atoms with van der Waals surface area (Å²) in [5, 5.41) is 21.5. The zero-order valence-corrected chi connectivity index (χ0v) is 7.58. The second-order valence-electron chi connectivity index (χ2n) is 3.35. The number of hydrogen-bond acceptors (Lipinski definition) is 3. The van der Waals surface area contributed by atoms with Crippen LogP contribution in [0.15, 0.2) is 12.1 Å². The van der Waals surface area contributed by atoms with E-state index >= 15 is 0 Å². The van der Waals surface area contributed by atoms with Crippen molar-refractivity contribution in [3.63, 3.8) is 0 Å². The maximum absolute atomic E-state index is 11.2. The highest BCUT2D eigenvalue weighted by Gasteiger charge is 2.18. The lowest BCUT2D eigenvalue weighted by atomic mass is 10.0. The van der Waals surface area contributed by atoms with E-state index in [1.807, 2.05) is 0 Å². The first-order valence-electron chi connectivity index (χ1n) is 4.48. The maximum Gasteiger partial charge on any atom is 0.224 e. The Bertz CT molecular complexity index is 387. The van der Waals surface area contributed by atoms with Crippen LogP contribution in [0.25, 0.3) is 0 Å². The number of carbonyl (C=O) groups is 1. The maximum atomic E-state index is 11.2. The molecule has 0 aliphatic carbocycles. The number of benzene rings is 1. The van der Waals surface area contributed by atoms with E-state index in [1.165, 1.54) is 6.07 Å². The van der Waals surface area contributed by atoms with Crippen molar-refractivity contribution in [1.29, 1.82) is 0 Å². The zero-order chi connectivity index (χ0) is 10.1. The molecule has 2 rings (SSSR count). The Hall–Kier alpha value is -1.71. The van der Waals surface area contributed by atoms with Crippen LogP contribution in [0.3, 0.4) is 0 Å². The van der Waals surface area contributed by atoms with Gasteiger partial charge < -0.3 is 15.5 Å². The van der Waals surface area contributed by atoms with Gasteiger partial charge in [-0.3, -0.25) is 4.79 Å². The molecule has 1 heterocycles. The summed E-state index contributed by atoms with van der Waals surface area (Å²) in [6.07, 6.45) is 0.824. The number of hydrogen-bond donors (Lipinski definition) is 3. The highest BCUT2D eigenvalue weighted by atomic mass is 16.3. The minimum Gasteiger partial charge on any atom is -0.504 e. The van der Waals surface area contributed by atoms with Crippen LogP contribution in [-0.4, -0.2) is 22.7 Å². The van der Waals surface area contributed by atoms with Gasteiger partial charge in [0.15, 0.2) is 11.5 Å². The van der Waals surface area contributed by atoms with Crippen LogP contribution in [0, 0.1) is 0 Å². The minimum absolute atomic E-state index is 0.121. The molecule has 14 heavy (non-hydrogen) atoms. The Kier molecular flexibility index (Phi) is 2.04. The second kappa shape index (κ2) is 3.21. The molecule has 1 aromatic carbocycles. The van der Waals surface area contributed by atoms with Gasteiger partial charge in [0.05, 0.1) is 6.42 Å². The van der Waals surface area contributed by atoms with Crippen molar-refractivity contribution in [2.24, 2.45) is 0 Å². The van der Waals surface area contributed by atoms with Crippen LogP contribution >= 0.6 is 0 Å². The van der Waals surface area contributed by atoms with Crippen molar-refractivity contribution in [3.8, 4) is 11.5 Å². The Morgan fingerprint density at radius 2 is 2.07 bits per heavy atom. The van der Waals surface area contributed by atoms with Crippen molar-refractivity contribution < 1.29 is 15.0 Å². The molecule has 0 unspecified atom stereocenters. The molecule has 4 heteroatoms. The molecule has 1 aromatic rings. The van der Waals surface area contributed by atoms with Gasteiger partial charge in [0, 0.05) is 12.1 Å². The molecule has 0 fully saturated rings. The Morgan fingerprint density at radius 3 is 2.86 bits per heavy atom. The molecular weight excluding hydrogens is 182 g/mol. The van der Waals surface area contributed by atoms with Crippen molar-refractivity contribution >= 4 is 5.91 Å². The third-order valence-electron chi connectivity index (χ3n) is 2.41. The fourth-order valence-electron chi connectivity index (χ4n) is 1.66. The summed E-state index contributed by atoms with van der Waals surface area (Å²) in [4.78, 5) is 11.2. The molecule has 0 bridgehead atoms. The molecule has 1 aliphatic heterocycles. The molecule has 0 radical (unpaired) electrons. The van der Waals surface area contributed by atoms with Crippen LogP contribution in [-0.2, 0) is 17.6 Å². The van der Waals surface area contributed by atoms with E-state index in [9.17, 15) is 15.0 Å². The fourth-order valence-corrected chi connectivity index (χ4v) is 1.66. The lowest BCUT2D eigenvalue weighted by molar-refractivity contribution is -0.120. The Balaban J connectivity index is 2.51. The summed E-state index contributed by atoms with van der Waals surface area (Å²) < 4.78 is 0. The van der Waals surface area contributed by atoms with E-state index in [1.54, 1.807) is 6.07 Å². The van der Waals surface area contributed by atoms with Crippen molar-refractivity contribution in [2.75, 3.05) is 6.54 Å². The molecule has 1 aliphatic rings. The predicted molar refractivity (Wildman–Crippen MR) is 50.2 cm³/mol. The van der Waals surface area contributed by atoms with Crippen LogP contribution < -0.4 is 5.32 Å². The number of rotatable bonds is 0. The van der Waals surface area contributed by atoms with Crippen LogP contribution in [0.4, 0.5) is 0 Å². The van der Waals surface area contributed by atoms with E-state index < -0.39 is 0 Å². The molecule has 0 saturated heterocycles. The first-order chi connectivity index (χ1) is 6.68. The number of amides is 1. The molecule has 1 amide bonds. The van der Waals surface area contributed by atoms with Crippen LogP contribution in [0.5, 0.6) is 11.5 Å². The molecule has 0 spiro atoms. The van der Waals surface area contributed by atoms with E-state index in [0.717, 1.165) is 5.56 Å². The average Bonchev–Trinajstić information content (AvgIpc) is 2.34. The van der Waals surface area contributed by atoms with Gasteiger partial charge in [-0.25, -0.2) is 0 Å². The number of nitrogens with one attached hydrogen (secondary N) is 1. The van der Waals surface area contributed by atoms with Gasteiger partial charge in [-0.1, -0.05) is 6.07 Å². The molecule has 74 valence electrons. The number of carbonyl (C=O) groups excluding carboxylic acids is 1. The predicted octanol–water partition coefficient (Wildman–Crippen LogP) is 0.313. The number of fused-ring (bicyclic) bond motifs is 1. The highest BCUT2D eigenvalue weighted by Crippen LogP contribution is 2.32. The third-order valence-corrected chi connectivity index (χ3v) is 2.41. The molecule has 0 saturated carbocycles. The van der Waals surface area contributed by atoms with Crippen LogP contribution in [0.1, 0.15) is 11.1 Å². The van der Waals surface area contributed by atoms with Gasteiger partial charge in [0.1, 0.15) is 0 Å². The first-order valence-corrected chi connectivity index (χ1v) is 4.48. The normalized spacial score (nSPS) is 15.6. The lowest BCUT2D eigenvalue weighted by Crippen LogP contribution is -2.24. The SMILES string of the molecule is O=C1Cc2c(ccc(O)c2O)CCN1. The van der Waals surface area contributed by atoms with Gasteiger partial charge in [-0.2, -0.15) is 0 Å². The monoisotopic (exact) mass is 193 g/mol. The Morgan fingerprint density at radius 1 is 1.29 bits per heavy atom. The number of phenols is 2. The zero-order valence-electron chi connectivity index (χ0n) is 7.58. The summed E-state index contributed by atoms with van der Waals surface area (Å²) in [5.41, 5.74) is 1.46. The summed E-state index contributed by atoms with van der Waals surface area (Å²) in [5.74, 6) is -0.456. The summed E-state index contributed by atoms with van der Waals surface area (Å²) in [6.45, 7) is 0.579. The largest absolute Gasteiger partial charge is 0.504 e. The van der Waals surface area contributed by atoms with Crippen molar-refractivity contribution in [2.45, 2.75) is 12.8 Å². The second-order valence-corrected chi connectivity index (χ2v) is 3.35.